The molecule has 0 radical (unpaired) electrons. The fourth-order valence-corrected chi connectivity index (χ4v) is 4.05. The number of hydrogen-bond acceptors (Lipinski definition) is 6. The fourth-order valence-electron chi connectivity index (χ4n) is 3.26. The van der Waals surface area contributed by atoms with Crippen molar-refractivity contribution in [2.75, 3.05) is 31.1 Å². The van der Waals surface area contributed by atoms with Gasteiger partial charge in [0, 0.05) is 43.4 Å². The zero-order valence-corrected chi connectivity index (χ0v) is 14.9. The molecular weight excluding hydrogens is 336 g/mol. The lowest BCUT2D eigenvalue weighted by molar-refractivity contribution is 0.0854. The van der Waals surface area contributed by atoms with E-state index < -0.39 is 0 Å². The summed E-state index contributed by atoms with van der Waals surface area (Å²) in [4.78, 5) is 23.6. The molecule has 1 unspecified atom stereocenters. The number of nitrogens with one attached hydrogen (secondary N) is 1. The Balaban J connectivity index is 1.39. The van der Waals surface area contributed by atoms with Gasteiger partial charge in [0.1, 0.15) is 16.5 Å². The average Bonchev–Trinajstić information content (AvgIpc) is 3.42. The van der Waals surface area contributed by atoms with Gasteiger partial charge in [0.25, 0.3) is 5.91 Å². The Morgan fingerprint density at radius 3 is 2.92 bits per heavy atom. The third-order valence-electron chi connectivity index (χ3n) is 4.68. The van der Waals surface area contributed by atoms with Crippen LogP contribution in [0.2, 0.25) is 0 Å². The number of nitrogens with zero attached hydrogens (tertiary/aromatic N) is 3. The standard InChI is InChI=1S/C18H22N4O2S/c23-17(20-11-14-4-3-9-24-14)15-12-25-18(21-15)13-5-6-16(19-10-13)22-7-1-2-8-22/h5-6,10,12,14H,1-4,7-9,11H2,(H,20,23). The summed E-state index contributed by atoms with van der Waals surface area (Å²) < 4.78 is 5.52. The van der Waals surface area contributed by atoms with Crippen LogP contribution in [0, 0.1) is 0 Å². The maximum atomic E-state index is 12.2. The molecule has 0 spiro atoms. The Labute approximate surface area is 151 Å². The predicted molar refractivity (Wildman–Crippen MR) is 98.1 cm³/mol. The summed E-state index contributed by atoms with van der Waals surface area (Å²) in [5.41, 5.74) is 1.41. The van der Waals surface area contributed by atoms with Crippen LogP contribution in [0.15, 0.2) is 23.7 Å². The first kappa shape index (κ1) is 16.5. The molecule has 4 heterocycles. The van der Waals surface area contributed by atoms with Crippen LogP contribution in [0.25, 0.3) is 10.6 Å². The van der Waals surface area contributed by atoms with Crippen molar-refractivity contribution in [3.8, 4) is 10.6 Å². The summed E-state index contributed by atoms with van der Waals surface area (Å²) in [5.74, 6) is 0.881. The molecule has 2 saturated heterocycles. The summed E-state index contributed by atoms with van der Waals surface area (Å²) in [6.07, 6.45) is 6.55. The molecule has 1 N–H and O–H groups in total. The predicted octanol–water partition coefficient (Wildman–Crippen LogP) is 2.71. The van der Waals surface area contributed by atoms with E-state index in [-0.39, 0.29) is 12.0 Å². The second-order valence-corrected chi connectivity index (χ2v) is 7.34. The molecule has 1 amide bonds. The second-order valence-electron chi connectivity index (χ2n) is 6.48. The molecule has 0 bridgehead atoms. The van der Waals surface area contributed by atoms with E-state index in [0.717, 1.165) is 48.9 Å². The topological polar surface area (TPSA) is 67.3 Å². The smallest absolute Gasteiger partial charge is 0.270 e. The molecule has 132 valence electrons. The summed E-state index contributed by atoms with van der Waals surface area (Å²) >= 11 is 1.47. The highest BCUT2D eigenvalue weighted by atomic mass is 32.1. The maximum Gasteiger partial charge on any atom is 0.270 e. The van der Waals surface area contributed by atoms with E-state index >= 15 is 0 Å². The number of carbonyl (C=O) groups is 1. The highest BCUT2D eigenvalue weighted by molar-refractivity contribution is 7.13. The van der Waals surface area contributed by atoms with Gasteiger partial charge in [-0.1, -0.05) is 0 Å². The van der Waals surface area contributed by atoms with Gasteiger partial charge < -0.3 is 15.0 Å². The number of hydrogen-bond donors (Lipinski definition) is 1. The van der Waals surface area contributed by atoms with Gasteiger partial charge in [0.2, 0.25) is 0 Å². The van der Waals surface area contributed by atoms with Crippen LogP contribution >= 0.6 is 11.3 Å². The van der Waals surface area contributed by atoms with E-state index in [0.29, 0.717) is 12.2 Å². The zero-order chi connectivity index (χ0) is 17.1. The van der Waals surface area contributed by atoms with Gasteiger partial charge in [-0.25, -0.2) is 9.97 Å². The van der Waals surface area contributed by atoms with Crippen LogP contribution in [0.4, 0.5) is 5.82 Å². The number of amides is 1. The van der Waals surface area contributed by atoms with Crippen molar-refractivity contribution in [1.82, 2.24) is 15.3 Å². The van der Waals surface area contributed by atoms with Crippen LogP contribution < -0.4 is 10.2 Å². The molecular formula is C18H22N4O2S. The molecule has 2 aromatic heterocycles. The molecule has 25 heavy (non-hydrogen) atoms. The number of aromatic nitrogens is 2. The van der Waals surface area contributed by atoms with Crippen molar-refractivity contribution in [3.05, 3.63) is 29.4 Å². The van der Waals surface area contributed by atoms with Crippen LogP contribution in [0.1, 0.15) is 36.2 Å². The largest absolute Gasteiger partial charge is 0.376 e. The van der Waals surface area contributed by atoms with Crippen molar-refractivity contribution < 1.29 is 9.53 Å². The molecule has 4 rings (SSSR count). The first-order valence-electron chi connectivity index (χ1n) is 8.86. The molecule has 1 atom stereocenters. The minimum atomic E-state index is -0.139. The molecule has 0 aromatic carbocycles. The molecule has 0 saturated carbocycles. The molecule has 2 aromatic rings. The molecule has 7 heteroatoms. The summed E-state index contributed by atoms with van der Waals surface area (Å²) in [6.45, 7) is 3.51. The van der Waals surface area contributed by atoms with Gasteiger partial charge in [-0.3, -0.25) is 4.79 Å². The van der Waals surface area contributed by atoms with Crippen LogP contribution in [0.5, 0.6) is 0 Å². The first-order valence-corrected chi connectivity index (χ1v) is 9.74. The Bertz CT molecular complexity index is 719. The quantitative estimate of drug-likeness (QED) is 0.890. The summed E-state index contributed by atoms with van der Waals surface area (Å²) in [7, 11) is 0. The third-order valence-corrected chi connectivity index (χ3v) is 5.57. The van der Waals surface area contributed by atoms with E-state index in [1.807, 2.05) is 18.3 Å². The second kappa shape index (κ2) is 7.49. The molecule has 6 nitrogen and oxygen atoms in total. The number of ether oxygens (including phenoxy) is 1. The highest BCUT2D eigenvalue weighted by Crippen LogP contribution is 2.25. The van der Waals surface area contributed by atoms with Gasteiger partial charge in [-0.2, -0.15) is 0 Å². The van der Waals surface area contributed by atoms with Crippen LogP contribution in [0.3, 0.4) is 0 Å². The van der Waals surface area contributed by atoms with E-state index in [9.17, 15) is 4.79 Å². The maximum absolute atomic E-state index is 12.2. The van der Waals surface area contributed by atoms with Gasteiger partial charge in [0.15, 0.2) is 0 Å². The van der Waals surface area contributed by atoms with Gasteiger partial charge >= 0.3 is 0 Å². The number of pyridine rings is 1. The Kier molecular flexibility index (Phi) is 4.94. The number of anilines is 1. The van der Waals surface area contributed by atoms with Crippen molar-refractivity contribution in [3.63, 3.8) is 0 Å². The number of rotatable bonds is 5. The lowest BCUT2D eigenvalue weighted by atomic mass is 10.2. The number of carbonyl (C=O) groups excluding carboxylic acids is 1. The summed E-state index contributed by atoms with van der Waals surface area (Å²) in [6, 6.07) is 4.08. The van der Waals surface area contributed by atoms with Gasteiger partial charge in [-0.05, 0) is 37.8 Å². The van der Waals surface area contributed by atoms with Gasteiger partial charge in [-0.15, -0.1) is 11.3 Å². The van der Waals surface area contributed by atoms with E-state index in [1.165, 1.54) is 24.2 Å². The minimum absolute atomic E-state index is 0.139. The Morgan fingerprint density at radius 1 is 1.32 bits per heavy atom. The SMILES string of the molecule is O=C(NCC1CCCO1)c1csc(-c2ccc(N3CCCC3)nc2)n1. The number of thiazole rings is 1. The molecule has 2 aliphatic rings. The average molecular weight is 358 g/mol. The van der Waals surface area contributed by atoms with Crippen molar-refractivity contribution >= 4 is 23.1 Å². The monoisotopic (exact) mass is 358 g/mol. The molecule has 2 fully saturated rings. The Hall–Kier alpha value is -1.99. The van der Waals surface area contributed by atoms with Crippen molar-refractivity contribution in [2.24, 2.45) is 0 Å². The first-order chi connectivity index (χ1) is 12.3. The summed E-state index contributed by atoms with van der Waals surface area (Å²) in [5, 5.41) is 5.53. The van der Waals surface area contributed by atoms with Crippen molar-refractivity contribution in [1.29, 1.82) is 0 Å². The van der Waals surface area contributed by atoms with E-state index in [2.05, 4.69) is 20.2 Å². The van der Waals surface area contributed by atoms with Crippen LogP contribution in [-0.2, 0) is 4.74 Å². The Morgan fingerprint density at radius 2 is 2.20 bits per heavy atom. The molecule has 0 aliphatic carbocycles. The third kappa shape index (κ3) is 3.82. The zero-order valence-electron chi connectivity index (χ0n) is 14.1. The highest BCUT2D eigenvalue weighted by Gasteiger charge is 2.18. The fraction of sp³-hybridized carbons (Fsp3) is 0.500. The van der Waals surface area contributed by atoms with Gasteiger partial charge in [0.05, 0.1) is 6.10 Å². The van der Waals surface area contributed by atoms with E-state index in [1.54, 1.807) is 5.38 Å². The lowest BCUT2D eigenvalue weighted by Crippen LogP contribution is -2.31. The lowest BCUT2D eigenvalue weighted by Gasteiger charge is -2.15. The normalized spacial score (nSPS) is 20.2. The van der Waals surface area contributed by atoms with Crippen molar-refractivity contribution in [2.45, 2.75) is 31.8 Å². The minimum Gasteiger partial charge on any atom is -0.376 e. The van der Waals surface area contributed by atoms with E-state index in [4.69, 9.17) is 4.74 Å². The molecule has 2 aliphatic heterocycles. The van der Waals surface area contributed by atoms with Crippen LogP contribution in [-0.4, -0.2) is 48.2 Å².